The molecule has 254 valence electrons. The summed E-state index contributed by atoms with van der Waals surface area (Å²) >= 11 is 2.70. The summed E-state index contributed by atoms with van der Waals surface area (Å²) in [5.41, 5.74) is 2.39. The number of aromatic nitrogens is 2. The molecule has 0 fully saturated rings. The van der Waals surface area contributed by atoms with Gasteiger partial charge in [-0.15, -0.1) is 11.3 Å². The Balaban J connectivity index is 1.07. The van der Waals surface area contributed by atoms with Crippen molar-refractivity contribution < 1.29 is 33.7 Å². The molecule has 3 heterocycles. The number of carbonyl (C=O) groups is 3. The van der Waals surface area contributed by atoms with Gasteiger partial charge in [-0.25, -0.2) is 24.4 Å². The molecule has 0 unspecified atom stereocenters. The Morgan fingerprint density at radius 2 is 1.82 bits per heavy atom. The molecule has 2 aromatic heterocycles. The van der Waals surface area contributed by atoms with E-state index in [1.807, 2.05) is 75.4 Å². The highest BCUT2D eigenvalue weighted by Gasteiger charge is 2.26. The van der Waals surface area contributed by atoms with Crippen molar-refractivity contribution >= 4 is 61.8 Å². The fourth-order valence-corrected chi connectivity index (χ4v) is 7.02. The van der Waals surface area contributed by atoms with E-state index in [9.17, 15) is 19.5 Å². The first-order chi connectivity index (χ1) is 23.5. The van der Waals surface area contributed by atoms with Gasteiger partial charge < -0.3 is 24.6 Å². The number of benzene rings is 3. The number of alkyl carbamates (subject to hydrolysis) is 1. The first-order valence-electron chi connectivity index (χ1n) is 15.7. The number of ether oxygens (including phenoxy) is 3. The minimum atomic E-state index is -1.10. The van der Waals surface area contributed by atoms with E-state index >= 15 is 0 Å². The van der Waals surface area contributed by atoms with Crippen LogP contribution in [-0.4, -0.2) is 58.5 Å². The van der Waals surface area contributed by atoms with Crippen molar-refractivity contribution in [1.29, 1.82) is 0 Å². The van der Waals surface area contributed by atoms with Crippen molar-refractivity contribution in [2.24, 2.45) is 0 Å². The maximum absolute atomic E-state index is 13.4. The van der Waals surface area contributed by atoms with Crippen LogP contribution in [0.1, 0.15) is 48.1 Å². The number of hydrogen-bond acceptors (Lipinski definition) is 10. The molecule has 1 aliphatic rings. The molecule has 12 nitrogen and oxygen atoms in total. The van der Waals surface area contributed by atoms with Crippen LogP contribution in [0.4, 0.5) is 20.4 Å². The zero-order chi connectivity index (χ0) is 34.5. The van der Waals surface area contributed by atoms with Crippen LogP contribution in [0, 0.1) is 0 Å². The number of carbonyl (C=O) groups excluding carboxylic acids is 2. The van der Waals surface area contributed by atoms with Crippen molar-refractivity contribution in [2.75, 3.05) is 30.0 Å². The van der Waals surface area contributed by atoms with Crippen molar-refractivity contribution in [3.8, 4) is 22.1 Å². The van der Waals surface area contributed by atoms with Gasteiger partial charge in [-0.2, -0.15) is 0 Å². The predicted molar refractivity (Wildman–Crippen MR) is 189 cm³/mol. The molecule has 14 heteroatoms. The number of carboxylic acid groups (broad SMARTS) is 1. The maximum Gasteiger partial charge on any atom is 0.407 e. The standard InChI is InChI=1S/C35H35N5O7S2/c1-35(2,3)47-34(44)36-20-21-10-13-23(14-11-21)45-17-6-9-28-29(31(41)42)38-30(48-28)22-12-15-26-25(19-22)40(16-18-46-26)33(43)39-32-37-24-7-4-5-8-27(24)49-32/h4-5,7-8,10-15,19H,6,9,16-18,20H2,1-3H3,(H,36,44)(H,41,42)(H,37,39,43). The largest absolute Gasteiger partial charge is 0.494 e. The van der Waals surface area contributed by atoms with Gasteiger partial charge in [0.2, 0.25) is 0 Å². The third-order valence-corrected chi connectivity index (χ3v) is 9.41. The van der Waals surface area contributed by atoms with Crippen molar-refractivity contribution in [3.05, 3.63) is 82.9 Å². The van der Waals surface area contributed by atoms with Gasteiger partial charge in [0, 0.05) is 17.0 Å². The summed E-state index contributed by atoms with van der Waals surface area (Å²) in [6, 6.07) is 20.1. The van der Waals surface area contributed by atoms with Gasteiger partial charge in [-0.05, 0) is 81.6 Å². The lowest BCUT2D eigenvalue weighted by molar-refractivity contribution is 0.0523. The number of amides is 3. The molecule has 0 radical (unpaired) electrons. The smallest absolute Gasteiger partial charge is 0.407 e. The second-order valence-corrected chi connectivity index (χ2v) is 14.3. The molecular weight excluding hydrogens is 667 g/mol. The van der Waals surface area contributed by atoms with Crippen LogP contribution >= 0.6 is 22.7 Å². The van der Waals surface area contributed by atoms with E-state index < -0.39 is 17.7 Å². The molecule has 5 aromatic rings. The second kappa shape index (κ2) is 14.5. The highest BCUT2D eigenvalue weighted by Crippen LogP contribution is 2.38. The van der Waals surface area contributed by atoms with E-state index in [4.69, 9.17) is 14.2 Å². The van der Waals surface area contributed by atoms with Crippen molar-refractivity contribution in [3.63, 3.8) is 0 Å². The van der Waals surface area contributed by atoms with Gasteiger partial charge in [0.25, 0.3) is 0 Å². The van der Waals surface area contributed by atoms with Crippen molar-refractivity contribution in [2.45, 2.75) is 45.8 Å². The highest BCUT2D eigenvalue weighted by molar-refractivity contribution is 7.22. The first-order valence-corrected chi connectivity index (χ1v) is 17.3. The van der Waals surface area contributed by atoms with Crippen LogP contribution in [0.5, 0.6) is 11.5 Å². The summed E-state index contributed by atoms with van der Waals surface area (Å²) in [5.74, 6) is 0.110. The van der Waals surface area contributed by atoms with Gasteiger partial charge in [0.15, 0.2) is 10.8 Å². The third-order valence-electron chi connectivity index (χ3n) is 7.30. The Labute approximate surface area is 290 Å². The Morgan fingerprint density at radius 3 is 2.57 bits per heavy atom. The van der Waals surface area contributed by atoms with Crippen LogP contribution in [0.2, 0.25) is 0 Å². The summed E-state index contributed by atoms with van der Waals surface area (Å²) in [6.45, 7) is 6.80. The monoisotopic (exact) mass is 701 g/mol. The zero-order valence-electron chi connectivity index (χ0n) is 27.1. The minimum absolute atomic E-state index is 0.00115. The molecule has 0 saturated heterocycles. The predicted octanol–water partition coefficient (Wildman–Crippen LogP) is 7.59. The number of anilines is 2. The van der Waals surface area contributed by atoms with E-state index in [1.165, 1.54) is 22.7 Å². The molecule has 6 rings (SSSR count). The maximum atomic E-state index is 13.4. The molecule has 1 aliphatic heterocycles. The number of rotatable bonds is 10. The fourth-order valence-electron chi connectivity index (χ4n) is 5.07. The average Bonchev–Trinajstić information content (AvgIpc) is 3.69. The van der Waals surface area contributed by atoms with Gasteiger partial charge >= 0.3 is 18.1 Å². The second-order valence-electron chi connectivity index (χ2n) is 12.1. The molecule has 0 aliphatic carbocycles. The van der Waals surface area contributed by atoms with E-state index in [0.29, 0.717) is 76.9 Å². The van der Waals surface area contributed by atoms with E-state index in [2.05, 4.69) is 20.6 Å². The summed E-state index contributed by atoms with van der Waals surface area (Å²) in [6.07, 6.45) is 0.551. The molecular formula is C35H35N5O7S2. The molecule has 49 heavy (non-hydrogen) atoms. The third kappa shape index (κ3) is 8.45. The van der Waals surface area contributed by atoms with Crippen LogP contribution < -0.4 is 25.0 Å². The number of aryl methyl sites for hydroxylation is 1. The molecule has 0 atom stereocenters. The van der Waals surface area contributed by atoms with Crippen LogP contribution in [0.3, 0.4) is 0 Å². The highest BCUT2D eigenvalue weighted by atomic mass is 32.1. The topological polar surface area (TPSA) is 152 Å². The summed E-state index contributed by atoms with van der Waals surface area (Å²) in [7, 11) is 0. The zero-order valence-corrected chi connectivity index (χ0v) is 28.8. The number of aromatic carboxylic acids is 1. The van der Waals surface area contributed by atoms with Gasteiger partial charge in [-0.1, -0.05) is 35.6 Å². The minimum Gasteiger partial charge on any atom is -0.494 e. The summed E-state index contributed by atoms with van der Waals surface area (Å²) in [5, 5.41) is 16.6. The Bertz CT molecular complexity index is 1950. The normalized spacial score (nSPS) is 12.6. The quantitative estimate of drug-likeness (QED) is 0.125. The van der Waals surface area contributed by atoms with E-state index in [1.54, 1.807) is 17.0 Å². The lowest BCUT2D eigenvalue weighted by Crippen LogP contribution is -2.40. The number of carboxylic acids is 1. The molecule has 3 aromatic carbocycles. The van der Waals surface area contributed by atoms with Gasteiger partial charge in [0.05, 0.1) is 29.1 Å². The van der Waals surface area contributed by atoms with Crippen LogP contribution in [0.15, 0.2) is 66.7 Å². The van der Waals surface area contributed by atoms with E-state index in [0.717, 1.165) is 15.8 Å². The molecule has 3 N–H and O–H groups in total. The Morgan fingerprint density at radius 1 is 1.02 bits per heavy atom. The summed E-state index contributed by atoms with van der Waals surface area (Å²) in [4.78, 5) is 48.6. The molecule has 0 spiro atoms. The number of thiazole rings is 2. The van der Waals surface area contributed by atoms with Gasteiger partial charge in [0.1, 0.15) is 28.7 Å². The number of hydrogen-bond donors (Lipinski definition) is 3. The SMILES string of the molecule is CC(C)(C)OC(=O)NCc1ccc(OCCCc2sc(-c3ccc4c(c3)N(C(=O)Nc3nc5ccccc5s3)CCO4)nc2C(=O)O)cc1. The van der Waals surface area contributed by atoms with Crippen LogP contribution in [-0.2, 0) is 17.7 Å². The number of fused-ring (bicyclic) bond motifs is 2. The van der Waals surface area contributed by atoms with Crippen molar-refractivity contribution in [1.82, 2.24) is 15.3 Å². The number of nitrogens with one attached hydrogen (secondary N) is 2. The average molecular weight is 702 g/mol. The Hall–Kier alpha value is -5.21. The first kappa shape index (κ1) is 33.7. The number of para-hydroxylation sites is 1. The van der Waals surface area contributed by atoms with Gasteiger partial charge in [-0.3, -0.25) is 10.2 Å². The molecule has 3 amide bonds. The lowest BCUT2D eigenvalue weighted by atomic mass is 10.1. The number of urea groups is 1. The van der Waals surface area contributed by atoms with E-state index in [-0.39, 0.29) is 11.7 Å². The molecule has 0 bridgehead atoms. The molecule has 0 saturated carbocycles. The fraction of sp³-hybridized carbons (Fsp3) is 0.286. The van der Waals surface area contributed by atoms with Crippen LogP contribution in [0.25, 0.3) is 20.8 Å². The summed E-state index contributed by atoms with van der Waals surface area (Å²) < 4.78 is 17.9. The lowest BCUT2D eigenvalue weighted by Gasteiger charge is -2.29. The Kier molecular flexibility index (Phi) is 9.97. The number of nitrogens with zero attached hydrogens (tertiary/aromatic N) is 3.